The quantitative estimate of drug-likeness (QED) is 0.0652. The van der Waals surface area contributed by atoms with Crippen molar-refractivity contribution < 1.29 is 29.0 Å². The molecule has 0 aromatic heterocycles. The molecule has 4 rings (SSSR count). The van der Waals surface area contributed by atoms with Crippen LogP contribution in [0.5, 0.6) is 0 Å². The molecule has 308 valence electrons. The van der Waals surface area contributed by atoms with E-state index in [4.69, 9.17) is 14.6 Å². The van der Waals surface area contributed by atoms with Crippen LogP contribution in [-0.4, -0.2) is 43.2 Å². The molecular formula is C51H68O6. The fourth-order valence-electron chi connectivity index (χ4n) is 6.02. The molecule has 0 saturated carbocycles. The predicted molar refractivity (Wildman–Crippen MR) is 236 cm³/mol. The Morgan fingerprint density at radius 3 is 1.23 bits per heavy atom. The van der Waals surface area contributed by atoms with Crippen LogP contribution in [0.15, 0.2) is 145 Å². The Morgan fingerprint density at radius 2 is 0.895 bits per heavy atom. The molecule has 0 spiro atoms. The third kappa shape index (κ3) is 19.6. The summed E-state index contributed by atoms with van der Waals surface area (Å²) in [5.41, 5.74) is 6.28. The Kier molecular flexibility index (Phi) is 27.2. The van der Waals surface area contributed by atoms with Crippen LogP contribution in [0.4, 0.5) is 0 Å². The number of rotatable bonds is 17. The van der Waals surface area contributed by atoms with Gasteiger partial charge in [-0.25, -0.2) is 9.59 Å². The average molecular weight is 777 g/mol. The summed E-state index contributed by atoms with van der Waals surface area (Å²) < 4.78 is 10.0. The number of benzene rings is 4. The predicted octanol–water partition coefficient (Wildman–Crippen LogP) is 12.3. The van der Waals surface area contributed by atoms with Gasteiger partial charge in [-0.3, -0.25) is 0 Å². The lowest BCUT2D eigenvalue weighted by molar-refractivity contribution is -0.139. The van der Waals surface area contributed by atoms with Crippen molar-refractivity contribution in [3.8, 4) is 0 Å². The molecule has 0 amide bonds. The number of ether oxygens (including phenoxy) is 2. The van der Waals surface area contributed by atoms with Crippen LogP contribution < -0.4 is 0 Å². The Morgan fingerprint density at radius 1 is 0.526 bits per heavy atom. The lowest BCUT2D eigenvalue weighted by atomic mass is 9.93. The van der Waals surface area contributed by atoms with Gasteiger partial charge in [0.05, 0.1) is 13.2 Å². The molecule has 4 aromatic rings. The average Bonchev–Trinajstić information content (AvgIpc) is 3.26. The first-order chi connectivity index (χ1) is 27.7. The van der Waals surface area contributed by atoms with Gasteiger partial charge in [-0.1, -0.05) is 168 Å². The van der Waals surface area contributed by atoms with Gasteiger partial charge in [-0.05, 0) is 75.1 Å². The summed E-state index contributed by atoms with van der Waals surface area (Å²) in [7, 11) is 0. The highest BCUT2D eigenvalue weighted by Crippen LogP contribution is 2.24. The normalized spacial score (nSPS) is 13.0. The van der Waals surface area contributed by atoms with Crippen LogP contribution in [0.2, 0.25) is 0 Å². The second kappa shape index (κ2) is 31.1. The summed E-state index contributed by atoms with van der Waals surface area (Å²) in [6.45, 7) is 16.9. The van der Waals surface area contributed by atoms with Gasteiger partial charge < -0.3 is 19.4 Å². The van der Waals surface area contributed by atoms with Crippen LogP contribution in [0, 0.1) is 0 Å². The molecule has 0 heterocycles. The van der Waals surface area contributed by atoms with Crippen LogP contribution in [-0.2, 0) is 23.9 Å². The Labute approximate surface area is 344 Å². The largest absolute Gasteiger partial charge is 0.463 e. The molecule has 1 N–H and O–H groups in total. The van der Waals surface area contributed by atoms with Crippen molar-refractivity contribution in [2.75, 3.05) is 19.8 Å². The van der Waals surface area contributed by atoms with E-state index in [0.717, 1.165) is 43.1 Å². The van der Waals surface area contributed by atoms with E-state index >= 15 is 0 Å². The van der Waals surface area contributed by atoms with Gasteiger partial charge in [-0.2, -0.15) is 0 Å². The molecule has 0 aliphatic rings. The van der Waals surface area contributed by atoms with E-state index in [1.54, 1.807) is 0 Å². The number of aliphatic hydroxyl groups excluding tert-OH is 1. The highest BCUT2D eigenvalue weighted by atomic mass is 16.5. The number of hydrogen-bond acceptors (Lipinski definition) is 6. The van der Waals surface area contributed by atoms with Crippen molar-refractivity contribution >= 4 is 18.2 Å². The lowest BCUT2D eigenvalue weighted by Crippen LogP contribution is -2.08. The van der Waals surface area contributed by atoms with Gasteiger partial charge in [0.15, 0.2) is 0 Å². The number of aliphatic hydroxyl groups is 1. The van der Waals surface area contributed by atoms with E-state index in [0.29, 0.717) is 31.1 Å². The topological polar surface area (TPSA) is 89.9 Å². The Balaban J connectivity index is 0.000000389. The van der Waals surface area contributed by atoms with Gasteiger partial charge in [0, 0.05) is 41.4 Å². The summed E-state index contributed by atoms with van der Waals surface area (Å²) in [4.78, 5) is 33.8. The molecule has 0 fully saturated rings. The summed E-state index contributed by atoms with van der Waals surface area (Å²) in [5.74, 6) is 0.551. The number of aldehydes is 1. The number of carbonyl (C=O) groups is 3. The molecule has 0 bridgehead atoms. The number of esters is 2. The van der Waals surface area contributed by atoms with Crippen LogP contribution in [0.1, 0.15) is 133 Å². The number of hydrogen-bond donors (Lipinski definition) is 1. The number of allylic oxidation sites excluding steroid dienone is 2. The zero-order valence-electron chi connectivity index (χ0n) is 35.7. The van der Waals surface area contributed by atoms with Crippen molar-refractivity contribution in [3.05, 3.63) is 167 Å². The summed E-state index contributed by atoms with van der Waals surface area (Å²) in [5, 5.41) is 8.98. The first-order valence-corrected chi connectivity index (χ1v) is 20.7. The van der Waals surface area contributed by atoms with E-state index in [-0.39, 0.29) is 36.3 Å². The summed E-state index contributed by atoms with van der Waals surface area (Å²) >= 11 is 0. The van der Waals surface area contributed by atoms with Crippen molar-refractivity contribution in [2.45, 2.75) is 111 Å². The molecule has 6 heteroatoms. The molecule has 0 saturated heterocycles. The van der Waals surface area contributed by atoms with Gasteiger partial charge in [0.2, 0.25) is 0 Å². The second-order valence-electron chi connectivity index (χ2n) is 13.4. The molecule has 0 aliphatic carbocycles. The van der Waals surface area contributed by atoms with E-state index in [9.17, 15) is 14.4 Å². The highest BCUT2D eigenvalue weighted by Gasteiger charge is 2.13. The molecule has 4 atom stereocenters. The first-order valence-electron chi connectivity index (χ1n) is 20.7. The maximum Gasteiger partial charge on any atom is 0.333 e. The smallest absolute Gasteiger partial charge is 0.333 e. The molecule has 0 aliphatic heterocycles. The van der Waals surface area contributed by atoms with Crippen molar-refractivity contribution in [1.82, 2.24) is 0 Å². The lowest BCUT2D eigenvalue weighted by Gasteiger charge is -2.13. The molecule has 57 heavy (non-hydrogen) atoms. The van der Waals surface area contributed by atoms with E-state index in [1.165, 1.54) is 16.7 Å². The fourth-order valence-corrected chi connectivity index (χ4v) is 6.02. The Bertz CT molecular complexity index is 1680. The number of carbonyl (C=O) groups excluding carboxylic acids is 3. The third-order valence-corrected chi connectivity index (χ3v) is 9.52. The maximum atomic E-state index is 11.8. The Hall–Kier alpha value is -5.07. The fraction of sp³-hybridized carbons (Fsp3) is 0.392. The van der Waals surface area contributed by atoms with Gasteiger partial charge in [0.1, 0.15) is 6.29 Å². The zero-order valence-corrected chi connectivity index (χ0v) is 35.7. The van der Waals surface area contributed by atoms with Crippen molar-refractivity contribution in [3.63, 3.8) is 0 Å². The van der Waals surface area contributed by atoms with Crippen molar-refractivity contribution in [2.24, 2.45) is 0 Å². The van der Waals surface area contributed by atoms with Crippen molar-refractivity contribution in [1.29, 1.82) is 0 Å². The van der Waals surface area contributed by atoms with E-state index < -0.39 is 0 Å². The summed E-state index contributed by atoms with van der Waals surface area (Å²) in [6.07, 6.45) is 9.60. The first kappa shape index (κ1) is 49.9. The molecule has 6 nitrogen and oxygen atoms in total. The molecule has 4 aromatic carbocycles. The van der Waals surface area contributed by atoms with Gasteiger partial charge >= 0.3 is 11.9 Å². The van der Waals surface area contributed by atoms with E-state index in [2.05, 4.69) is 57.2 Å². The molecular weight excluding hydrogens is 709 g/mol. The minimum atomic E-state index is -0.220. The minimum Gasteiger partial charge on any atom is -0.463 e. The van der Waals surface area contributed by atoms with Crippen LogP contribution in [0.3, 0.4) is 0 Å². The van der Waals surface area contributed by atoms with Crippen LogP contribution >= 0.6 is 0 Å². The monoisotopic (exact) mass is 777 g/mol. The van der Waals surface area contributed by atoms with E-state index in [1.807, 2.05) is 132 Å². The summed E-state index contributed by atoms with van der Waals surface area (Å²) in [6, 6.07) is 40.5. The minimum absolute atomic E-state index is 0.0798. The SMILES string of the molecule is CCC(C=O)c1ccccc1.CCC(CO)c1ccccc1.CCOC(=O)C(=CC(CC)c1ccccc1)CC.CCOC(=O)C(C)=CC(CC)c1ccccc1. The van der Waals surface area contributed by atoms with Crippen LogP contribution in [0.25, 0.3) is 0 Å². The van der Waals surface area contributed by atoms with Gasteiger partial charge in [-0.15, -0.1) is 0 Å². The van der Waals surface area contributed by atoms with Gasteiger partial charge in [0.25, 0.3) is 0 Å². The zero-order chi connectivity index (χ0) is 42.3. The maximum absolute atomic E-state index is 11.8. The molecule has 4 unspecified atom stereocenters. The molecule has 0 radical (unpaired) electrons. The highest BCUT2D eigenvalue weighted by molar-refractivity contribution is 5.88. The third-order valence-electron chi connectivity index (χ3n) is 9.52. The second-order valence-corrected chi connectivity index (χ2v) is 13.4. The standard InChI is InChI=1S/C16H22O2.C15H20O2.C10H14O.C10H12O/c1-4-13(15-10-8-7-9-11-15)12-14(5-2)16(17)18-6-3;1-4-13(14-9-7-6-8-10-14)11-12(3)15(16)17-5-2;2*1-2-9(8-11)10-6-4-3-5-7-10/h7-13H,4-6H2,1-3H3;6-11,13H,4-5H2,1-3H3;3-7,9,11H,2,8H2,1H3;3-9H,2H2,1H3.